The summed E-state index contributed by atoms with van der Waals surface area (Å²) in [6.07, 6.45) is 3.71. The molecule has 0 unspecified atom stereocenters. The molecule has 0 aromatic heterocycles. The lowest BCUT2D eigenvalue weighted by Gasteiger charge is -2.12. The van der Waals surface area contributed by atoms with Gasteiger partial charge in [0.2, 0.25) is 0 Å². The number of hydrogen-bond donors (Lipinski definition) is 1. The van der Waals surface area contributed by atoms with Crippen LogP contribution in [-0.4, -0.2) is 5.11 Å². The third-order valence-corrected chi connectivity index (χ3v) is 4.37. The predicted octanol–water partition coefficient (Wildman–Crippen LogP) is 4.50. The van der Waals surface area contributed by atoms with Gasteiger partial charge in [-0.2, -0.15) is 0 Å². The summed E-state index contributed by atoms with van der Waals surface area (Å²) in [5.74, 6) is 0.339. The summed E-state index contributed by atoms with van der Waals surface area (Å²) in [5.41, 5.74) is 4.42. The van der Waals surface area contributed by atoms with Crippen LogP contribution in [0.25, 0.3) is 21.5 Å². The lowest BCUT2D eigenvalue weighted by atomic mass is 9.92. The van der Waals surface area contributed by atoms with Gasteiger partial charge >= 0.3 is 0 Å². The van der Waals surface area contributed by atoms with Gasteiger partial charge in [-0.1, -0.05) is 24.3 Å². The summed E-state index contributed by atoms with van der Waals surface area (Å²) in [5, 5.41) is 14.8. The molecule has 1 heteroatoms. The van der Waals surface area contributed by atoms with Crippen LogP contribution >= 0.6 is 0 Å². The van der Waals surface area contributed by atoms with Crippen LogP contribution in [-0.2, 0) is 12.8 Å². The van der Waals surface area contributed by atoms with Gasteiger partial charge in [0.05, 0.1) is 0 Å². The summed E-state index contributed by atoms with van der Waals surface area (Å²) < 4.78 is 0. The van der Waals surface area contributed by atoms with E-state index in [1.54, 1.807) is 6.07 Å². The summed E-state index contributed by atoms with van der Waals surface area (Å²) in [6.45, 7) is 2.20. The molecule has 1 aliphatic rings. The normalized spacial score (nSPS) is 14.2. The molecule has 19 heavy (non-hydrogen) atoms. The Bertz CT molecular complexity index is 815. The quantitative estimate of drug-likeness (QED) is 0.581. The Morgan fingerprint density at radius 2 is 1.79 bits per heavy atom. The monoisotopic (exact) mass is 248 g/mol. The van der Waals surface area contributed by atoms with E-state index in [9.17, 15) is 5.11 Å². The van der Waals surface area contributed by atoms with Crippen LogP contribution in [0.4, 0.5) is 0 Å². The zero-order valence-electron chi connectivity index (χ0n) is 11.0. The van der Waals surface area contributed by atoms with Gasteiger partial charge in [0, 0.05) is 0 Å². The molecule has 4 rings (SSSR count). The Hall–Kier alpha value is -2.02. The van der Waals surface area contributed by atoms with Gasteiger partial charge in [-0.15, -0.1) is 0 Å². The molecular weight excluding hydrogens is 232 g/mol. The number of hydrogen-bond acceptors (Lipinski definition) is 1. The Balaban J connectivity index is 2.22. The standard InChI is InChI=1S/C18H16O/c1-11-9-12-3-2-4-15(12)17-7-5-13-10-14(19)6-8-16(13)18(11)17/h5-10,19H,2-4H2,1H3. The number of aromatic hydroxyl groups is 1. The molecule has 3 aromatic rings. The van der Waals surface area contributed by atoms with Crippen molar-refractivity contribution in [2.45, 2.75) is 26.2 Å². The average molecular weight is 248 g/mol. The maximum absolute atomic E-state index is 9.63. The number of benzene rings is 3. The van der Waals surface area contributed by atoms with E-state index in [2.05, 4.69) is 25.1 Å². The van der Waals surface area contributed by atoms with Crippen molar-refractivity contribution in [3.8, 4) is 5.75 Å². The number of rotatable bonds is 0. The average Bonchev–Trinajstić information content (AvgIpc) is 2.86. The van der Waals surface area contributed by atoms with Crippen LogP contribution < -0.4 is 0 Å². The molecule has 0 heterocycles. The maximum Gasteiger partial charge on any atom is 0.116 e. The fraction of sp³-hybridized carbons (Fsp3) is 0.222. The maximum atomic E-state index is 9.63. The second-order valence-corrected chi connectivity index (χ2v) is 5.58. The number of phenols is 1. The largest absolute Gasteiger partial charge is 0.508 e. The molecule has 0 spiro atoms. The molecule has 0 atom stereocenters. The number of fused-ring (bicyclic) bond motifs is 5. The Morgan fingerprint density at radius 1 is 0.947 bits per heavy atom. The molecule has 0 bridgehead atoms. The fourth-order valence-corrected chi connectivity index (χ4v) is 3.56. The van der Waals surface area contributed by atoms with Crippen molar-refractivity contribution >= 4 is 21.5 Å². The Morgan fingerprint density at radius 3 is 2.68 bits per heavy atom. The lowest BCUT2D eigenvalue weighted by Crippen LogP contribution is -1.90. The van der Waals surface area contributed by atoms with Crippen LogP contribution in [0.1, 0.15) is 23.1 Å². The molecule has 0 radical (unpaired) electrons. The minimum atomic E-state index is 0.339. The highest BCUT2D eigenvalue weighted by Gasteiger charge is 2.16. The first-order valence-electron chi connectivity index (χ1n) is 6.91. The summed E-state index contributed by atoms with van der Waals surface area (Å²) in [4.78, 5) is 0. The van der Waals surface area contributed by atoms with Gasteiger partial charge in [0.1, 0.15) is 5.75 Å². The van der Waals surface area contributed by atoms with Crippen molar-refractivity contribution in [1.29, 1.82) is 0 Å². The van der Waals surface area contributed by atoms with Crippen molar-refractivity contribution < 1.29 is 5.11 Å². The van der Waals surface area contributed by atoms with E-state index >= 15 is 0 Å². The highest BCUT2D eigenvalue weighted by atomic mass is 16.3. The second-order valence-electron chi connectivity index (χ2n) is 5.58. The van der Waals surface area contributed by atoms with E-state index in [0.717, 1.165) is 5.39 Å². The topological polar surface area (TPSA) is 20.2 Å². The minimum Gasteiger partial charge on any atom is -0.508 e. The molecule has 0 saturated heterocycles. The zero-order valence-corrected chi connectivity index (χ0v) is 11.0. The molecule has 1 aliphatic carbocycles. The van der Waals surface area contributed by atoms with Gasteiger partial charge < -0.3 is 5.11 Å². The van der Waals surface area contributed by atoms with E-state index in [1.165, 1.54) is 52.1 Å². The van der Waals surface area contributed by atoms with Crippen molar-refractivity contribution in [1.82, 2.24) is 0 Å². The van der Waals surface area contributed by atoms with E-state index in [0.29, 0.717) is 5.75 Å². The highest BCUT2D eigenvalue weighted by molar-refractivity contribution is 6.10. The molecule has 1 N–H and O–H groups in total. The fourth-order valence-electron chi connectivity index (χ4n) is 3.56. The molecule has 0 amide bonds. The number of phenolic OH excluding ortho intramolecular Hbond substituents is 1. The molecule has 0 aliphatic heterocycles. The molecule has 3 aromatic carbocycles. The van der Waals surface area contributed by atoms with Crippen LogP contribution in [0.5, 0.6) is 5.75 Å². The van der Waals surface area contributed by atoms with Gasteiger partial charge in [0.25, 0.3) is 0 Å². The van der Waals surface area contributed by atoms with Crippen LogP contribution in [0.2, 0.25) is 0 Å². The third-order valence-electron chi connectivity index (χ3n) is 4.37. The first kappa shape index (κ1) is 10.9. The van der Waals surface area contributed by atoms with E-state index in [-0.39, 0.29) is 0 Å². The third kappa shape index (κ3) is 1.48. The summed E-state index contributed by atoms with van der Waals surface area (Å²) in [6, 6.07) is 12.4. The smallest absolute Gasteiger partial charge is 0.116 e. The first-order chi connectivity index (χ1) is 9.24. The van der Waals surface area contributed by atoms with Crippen molar-refractivity contribution in [2.24, 2.45) is 0 Å². The molecule has 94 valence electrons. The highest BCUT2D eigenvalue weighted by Crippen LogP contribution is 2.36. The Kier molecular flexibility index (Phi) is 2.14. The predicted molar refractivity (Wildman–Crippen MR) is 79.9 cm³/mol. The molecule has 0 saturated carbocycles. The van der Waals surface area contributed by atoms with Crippen LogP contribution in [0, 0.1) is 6.92 Å². The summed E-state index contributed by atoms with van der Waals surface area (Å²) >= 11 is 0. The van der Waals surface area contributed by atoms with E-state index in [4.69, 9.17) is 0 Å². The molecular formula is C18H16O. The van der Waals surface area contributed by atoms with Crippen LogP contribution in [0.3, 0.4) is 0 Å². The van der Waals surface area contributed by atoms with Crippen LogP contribution in [0.15, 0.2) is 36.4 Å². The van der Waals surface area contributed by atoms with Gasteiger partial charge in [0.15, 0.2) is 0 Å². The van der Waals surface area contributed by atoms with Gasteiger partial charge in [-0.3, -0.25) is 0 Å². The Labute approximate surface area is 112 Å². The minimum absolute atomic E-state index is 0.339. The first-order valence-corrected chi connectivity index (χ1v) is 6.91. The molecule has 0 fully saturated rings. The summed E-state index contributed by atoms with van der Waals surface area (Å²) in [7, 11) is 0. The zero-order chi connectivity index (χ0) is 13.0. The van der Waals surface area contributed by atoms with E-state index < -0.39 is 0 Å². The van der Waals surface area contributed by atoms with Gasteiger partial charge in [-0.25, -0.2) is 0 Å². The lowest BCUT2D eigenvalue weighted by molar-refractivity contribution is 0.476. The van der Waals surface area contributed by atoms with Crippen molar-refractivity contribution in [3.63, 3.8) is 0 Å². The SMILES string of the molecule is Cc1cc2c(c3ccc4cc(O)ccc4c13)CCC2. The van der Waals surface area contributed by atoms with Crippen molar-refractivity contribution in [3.05, 3.63) is 53.1 Å². The second kappa shape index (κ2) is 3.74. The molecule has 1 nitrogen and oxygen atoms in total. The van der Waals surface area contributed by atoms with Gasteiger partial charge in [-0.05, 0) is 76.6 Å². The van der Waals surface area contributed by atoms with E-state index in [1.807, 2.05) is 12.1 Å². The number of aryl methyl sites for hydroxylation is 3. The van der Waals surface area contributed by atoms with Crippen molar-refractivity contribution in [2.75, 3.05) is 0 Å².